The van der Waals surface area contributed by atoms with Crippen LogP contribution in [0.2, 0.25) is 0 Å². The molecule has 1 atom stereocenters. The largest absolute Gasteiger partial charge is 0.478 e. The Morgan fingerprint density at radius 2 is 2.10 bits per heavy atom. The summed E-state index contributed by atoms with van der Waals surface area (Å²) in [5.74, 6) is -0.910. The molecule has 10 heavy (non-hydrogen) atoms. The standard InChI is InChI=1S/C6H11NO2.ClH/c1-4(6(8)9)3-5(2)7;/h3,5H,7H2,1-2H3,(H,8,9);1H. The minimum absolute atomic E-state index is 0. The number of carboxylic acids is 1. The van der Waals surface area contributed by atoms with Crippen LogP contribution in [0.25, 0.3) is 0 Å². The minimum atomic E-state index is -0.910. The molecule has 0 saturated heterocycles. The maximum Gasteiger partial charge on any atom is 0.331 e. The van der Waals surface area contributed by atoms with E-state index in [0.29, 0.717) is 5.57 Å². The summed E-state index contributed by atoms with van der Waals surface area (Å²) in [5.41, 5.74) is 5.59. The van der Waals surface area contributed by atoms with Gasteiger partial charge in [-0.3, -0.25) is 0 Å². The van der Waals surface area contributed by atoms with Crippen LogP contribution in [0.3, 0.4) is 0 Å². The first-order valence-electron chi connectivity index (χ1n) is 2.71. The van der Waals surface area contributed by atoms with E-state index < -0.39 is 5.97 Å². The summed E-state index contributed by atoms with van der Waals surface area (Å²) in [5, 5.41) is 8.31. The van der Waals surface area contributed by atoms with Gasteiger partial charge in [-0.25, -0.2) is 4.79 Å². The molecule has 0 aliphatic heterocycles. The highest BCUT2D eigenvalue weighted by Gasteiger charge is 1.98. The van der Waals surface area contributed by atoms with Gasteiger partial charge in [0.15, 0.2) is 0 Å². The van der Waals surface area contributed by atoms with Gasteiger partial charge in [-0.05, 0) is 13.8 Å². The van der Waals surface area contributed by atoms with E-state index in [1.807, 2.05) is 0 Å². The summed E-state index contributed by atoms with van der Waals surface area (Å²) >= 11 is 0. The van der Waals surface area contributed by atoms with Gasteiger partial charge in [0.2, 0.25) is 0 Å². The Balaban J connectivity index is 0. The maximum atomic E-state index is 10.1. The quantitative estimate of drug-likeness (QED) is 0.595. The van der Waals surface area contributed by atoms with E-state index in [2.05, 4.69) is 0 Å². The number of carboxylic acid groups (broad SMARTS) is 1. The average Bonchev–Trinajstić information content (AvgIpc) is 1.63. The SMILES string of the molecule is CC(=CC(C)N)C(=O)O.Cl. The molecule has 60 valence electrons. The van der Waals surface area contributed by atoms with E-state index in [4.69, 9.17) is 10.8 Å². The van der Waals surface area contributed by atoms with Gasteiger partial charge in [-0.15, -0.1) is 12.4 Å². The summed E-state index contributed by atoms with van der Waals surface area (Å²) in [7, 11) is 0. The summed E-state index contributed by atoms with van der Waals surface area (Å²) in [6, 6.07) is -0.180. The monoisotopic (exact) mass is 165 g/mol. The Morgan fingerprint density at radius 1 is 1.70 bits per heavy atom. The lowest BCUT2D eigenvalue weighted by Crippen LogP contribution is -2.13. The molecule has 0 aliphatic carbocycles. The molecule has 3 N–H and O–H groups in total. The lowest BCUT2D eigenvalue weighted by atomic mass is 10.2. The second-order valence-corrected chi connectivity index (χ2v) is 2.01. The fourth-order valence-electron chi connectivity index (χ4n) is 0.466. The van der Waals surface area contributed by atoms with E-state index in [1.165, 1.54) is 13.0 Å². The van der Waals surface area contributed by atoms with Crippen LogP contribution in [-0.4, -0.2) is 17.1 Å². The fraction of sp³-hybridized carbons (Fsp3) is 0.500. The summed E-state index contributed by atoms with van der Waals surface area (Å²) in [6.45, 7) is 3.25. The Kier molecular flexibility index (Phi) is 6.40. The number of rotatable bonds is 2. The first-order chi connectivity index (χ1) is 4.04. The lowest BCUT2D eigenvalue weighted by molar-refractivity contribution is -0.132. The van der Waals surface area contributed by atoms with Crippen LogP contribution in [0, 0.1) is 0 Å². The maximum absolute atomic E-state index is 10.1. The molecule has 0 radical (unpaired) electrons. The van der Waals surface area contributed by atoms with Gasteiger partial charge >= 0.3 is 5.97 Å². The Morgan fingerprint density at radius 3 is 2.20 bits per heavy atom. The number of nitrogens with two attached hydrogens (primary N) is 1. The Bertz CT molecular complexity index is 143. The van der Waals surface area contributed by atoms with Crippen molar-refractivity contribution in [2.45, 2.75) is 19.9 Å². The summed E-state index contributed by atoms with van der Waals surface area (Å²) in [4.78, 5) is 10.1. The normalized spacial score (nSPS) is 13.7. The van der Waals surface area contributed by atoms with Crippen molar-refractivity contribution in [3.8, 4) is 0 Å². The fourth-order valence-corrected chi connectivity index (χ4v) is 0.466. The highest BCUT2D eigenvalue weighted by molar-refractivity contribution is 5.86. The van der Waals surface area contributed by atoms with Gasteiger partial charge in [-0.1, -0.05) is 6.08 Å². The summed E-state index contributed by atoms with van der Waals surface area (Å²) in [6.07, 6.45) is 1.50. The van der Waals surface area contributed by atoms with Crippen LogP contribution in [0.1, 0.15) is 13.8 Å². The zero-order chi connectivity index (χ0) is 7.44. The highest BCUT2D eigenvalue weighted by Crippen LogP contribution is 1.92. The molecule has 0 aromatic rings. The third kappa shape index (κ3) is 5.59. The van der Waals surface area contributed by atoms with Crippen LogP contribution in [0.4, 0.5) is 0 Å². The number of aliphatic carboxylic acids is 1. The van der Waals surface area contributed by atoms with E-state index in [0.717, 1.165) is 0 Å². The van der Waals surface area contributed by atoms with Crippen LogP contribution < -0.4 is 5.73 Å². The third-order valence-corrected chi connectivity index (χ3v) is 0.850. The number of hydrogen-bond acceptors (Lipinski definition) is 2. The molecule has 0 spiro atoms. The molecule has 0 rings (SSSR count). The lowest BCUT2D eigenvalue weighted by Gasteiger charge is -1.95. The van der Waals surface area contributed by atoms with E-state index in [-0.39, 0.29) is 18.4 Å². The zero-order valence-electron chi connectivity index (χ0n) is 6.00. The third-order valence-electron chi connectivity index (χ3n) is 0.850. The Labute approximate surface area is 66.3 Å². The van der Waals surface area contributed by atoms with Crippen LogP contribution in [0.5, 0.6) is 0 Å². The molecule has 0 saturated carbocycles. The molecule has 0 bridgehead atoms. The topological polar surface area (TPSA) is 63.3 Å². The number of halogens is 1. The minimum Gasteiger partial charge on any atom is -0.478 e. The van der Waals surface area contributed by atoms with Crippen molar-refractivity contribution < 1.29 is 9.90 Å². The average molecular weight is 166 g/mol. The first kappa shape index (κ1) is 12.2. The number of hydrogen-bond donors (Lipinski definition) is 2. The van der Waals surface area contributed by atoms with Crippen LogP contribution in [0.15, 0.2) is 11.6 Å². The van der Waals surface area contributed by atoms with Crippen molar-refractivity contribution in [3.05, 3.63) is 11.6 Å². The molecular weight excluding hydrogens is 154 g/mol. The second kappa shape index (κ2) is 5.26. The smallest absolute Gasteiger partial charge is 0.331 e. The van der Waals surface area contributed by atoms with E-state index in [9.17, 15) is 4.79 Å². The van der Waals surface area contributed by atoms with E-state index >= 15 is 0 Å². The van der Waals surface area contributed by atoms with Gasteiger partial charge in [0.05, 0.1) is 0 Å². The molecule has 0 heterocycles. The van der Waals surface area contributed by atoms with Gasteiger partial charge in [-0.2, -0.15) is 0 Å². The van der Waals surface area contributed by atoms with Crippen molar-refractivity contribution in [1.29, 1.82) is 0 Å². The van der Waals surface area contributed by atoms with Crippen molar-refractivity contribution in [2.75, 3.05) is 0 Å². The van der Waals surface area contributed by atoms with Crippen LogP contribution >= 0.6 is 12.4 Å². The van der Waals surface area contributed by atoms with Crippen molar-refractivity contribution >= 4 is 18.4 Å². The molecule has 0 fully saturated rings. The molecule has 0 aromatic carbocycles. The summed E-state index contributed by atoms with van der Waals surface area (Å²) < 4.78 is 0. The predicted molar refractivity (Wildman–Crippen MR) is 42.3 cm³/mol. The second-order valence-electron chi connectivity index (χ2n) is 2.01. The van der Waals surface area contributed by atoms with Gasteiger partial charge in [0, 0.05) is 11.6 Å². The first-order valence-corrected chi connectivity index (χ1v) is 2.71. The van der Waals surface area contributed by atoms with Crippen molar-refractivity contribution in [3.63, 3.8) is 0 Å². The molecular formula is C6H12ClNO2. The van der Waals surface area contributed by atoms with Gasteiger partial charge < -0.3 is 10.8 Å². The molecule has 1 unspecified atom stereocenters. The molecule has 0 aliphatic rings. The molecule has 0 amide bonds. The zero-order valence-corrected chi connectivity index (χ0v) is 6.81. The van der Waals surface area contributed by atoms with Crippen LogP contribution in [-0.2, 0) is 4.79 Å². The van der Waals surface area contributed by atoms with Gasteiger partial charge in [0.25, 0.3) is 0 Å². The molecule has 3 nitrogen and oxygen atoms in total. The number of carbonyl (C=O) groups is 1. The van der Waals surface area contributed by atoms with E-state index in [1.54, 1.807) is 6.92 Å². The predicted octanol–water partition coefficient (Wildman–Crippen LogP) is 0.786. The van der Waals surface area contributed by atoms with Crippen molar-refractivity contribution in [2.24, 2.45) is 5.73 Å². The molecule has 0 aromatic heterocycles. The van der Waals surface area contributed by atoms with Crippen molar-refractivity contribution in [1.82, 2.24) is 0 Å². The molecule has 4 heteroatoms. The van der Waals surface area contributed by atoms with Gasteiger partial charge in [0.1, 0.15) is 0 Å². The Hall–Kier alpha value is -0.540. The highest BCUT2D eigenvalue weighted by atomic mass is 35.5.